The molecule has 14 heavy (non-hydrogen) atoms. The highest BCUT2D eigenvalue weighted by molar-refractivity contribution is 5.43. The van der Waals surface area contributed by atoms with Crippen LogP contribution in [0.15, 0.2) is 35.2 Å². The molecule has 0 aromatic heterocycles. The van der Waals surface area contributed by atoms with Gasteiger partial charge in [0.1, 0.15) is 5.83 Å². The van der Waals surface area contributed by atoms with E-state index >= 15 is 0 Å². The zero-order valence-electron chi connectivity index (χ0n) is 8.75. The summed E-state index contributed by atoms with van der Waals surface area (Å²) in [7, 11) is 1.69. The Morgan fingerprint density at radius 3 is 2.57 bits per heavy atom. The van der Waals surface area contributed by atoms with Crippen molar-refractivity contribution in [2.45, 2.75) is 20.0 Å². The van der Waals surface area contributed by atoms with Crippen molar-refractivity contribution in [1.82, 2.24) is 0 Å². The van der Waals surface area contributed by atoms with Gasteiger partial charge in [-0.05, 0) is 17.7 Å². The van der Waals surface area contributed by atoms with Crippen LogP contribution in [0.3, 0.4) is 0 Å². The summed E-state index contributed by atoms with van der Waals surface area (Å²) in [6, 6.07) is 0. The fourth-order valence-corrected chi connectivity index (χ4v) is 2.52. The van der Waals surface area contributed by atoms with Crippen molar-refractivity contribution in [1.29, 1.82) is 0 Å². The Kier molecular flexibility index (Phi) is 2.31. The molecule has 0 aliphatic heterocycles. The second kappa shape index (κ2) is 3.35. The molecule has 0 amide bonds. The van der Waals surface area contributed by atoms with Gasteiger partial charge in [-0.2, -0.15) is 0 Å². The van der Waals surface area contributed by atoms with Gasteiger partial charge in [0, 0.05) is 18.9 Å². The summed E-state index contributed by atoms with van der Waals surface area (Å²) in [4.78, 5) is 0. The molecular weight excluding hydrogens is 179 g/mol. The van der Waals surface area contributed by atoms with Gasteiger partial charge in [-0.3, -0.25) is 0 Å². The van der Waals surface area contributed by atoms with Crippen molar-refractivity contribution in [3.05, 3.63) is 35.2 Å². The first-order valence-electron chi connectivity index (χ1n) is 4.96. The highest BCUT2D eigenvalue weighted by Gasteiger charge is 2.38. The second-order valence-corrected chi connectivity index (χ2v) is 4.03. The van der Waals surface area contributed by atoms with E-state index in [1.807, 2.05) is 6.08 Å². The van der Waals surface area contributed by atoms with E-state index in [-0.39, 0.29) is 11.9 Å². The minimum Gasteiger partial charge on any atom is -0.376 e. The Hall–Kier alpha value is -0.890. The summed E-state index contributed by atoms with van der Waals surface area (Å²) < 4.78 is 18.6. The van der Waals surface area contributed by atoms with Gasteiger partial charge in [-0.25, -0.2) is 4.39 Å². The molecular formula is C12H15FO. The summed E-state index contributed by atoms with van der Waals surface area (Å²) in [5.41, 5.74) is 2.34. The van der Waals surface area contributed by atoms with E-state index in [9.17, 15) is 4.39 Å². The molecule has 0 aromatic rings. The van der Waals surface area contributed by atoms with Crippen LogP contribution in [0.2, 0.25) is 0 Å². The second-order valence-electron chi connectivity index (χ2n) is 4.03. The summed E-state index contributed by atoms with van der Waals surface area (Å²) >= 11 is 0. The van der Waals surface area contributed by atoms with Crippen molar-refractivity contribution >= 4 is 0 Å². The van der Waals surface area contributed by atoms with Crippen LogP contribution in [-0.4, -0.2) is 13.2 Å². The maximum atomic E-state index is 13.2. The van der Waals surface area contributed by atoms with Crippen molar-refractivity contribution in [2.75, 3.05) is 7.11 Å². The van der Waals surface area contributed by atoms with Gasteiger partial charge >= 0.3 is 0 Å². The van der Waals surface area contributed by atoms with E-state index in [2.05, 4.69) is 13.8 Å². The van der Waals surface area contributed by atoms with Crippen LogP contribution in [0.1, 0.15) is 13.8 Å². The molecule has 1 saturated carbocycles. The standard InChI is InChI=1S/C12H15FO/c1-7-10-5-4-9(13)6-11(7)12(14-3)8(10)2/h4-8,12H,1-3H3/t7-,8?,12-/m0/s1. The minimum absolute atomic E-state index is 0.0516. The van der Waals surface area contributed by atoms with E-state index in [4.69, 9.17) is 4.74 Å². The highest BCUT2D eigenvalue weighted by atomic mass is 19.1. The molecule has 2 bridgehead atoms. The lowest BCUT2D eigenvalue weighted by Crippen LogP contribution is -2.16. The van der Waals surface area contributed by atoms with Crippen LogP contribution in [0.25, 0.3) is 0 Å². The van der Waals surface area contributed by atoms with Crippen molar-refractivity contribution in [3.8, 4) is 0 Å². The van der Waals surface area contributed by atoms with Crippen LogP contribution in [0, 0.1) is 11.8 Å². The fourth-order valence-electron chi connectivity index (χ4n) is 2.52. The van der Waals surface area contributed by atoms with E-state index in [1.165, 1.54) is 5.57 Å². The monoisotopic (exact) mass is 194 g/mol. The summed E-state index contributed by atoms with van der Waals surface area (Å²) in [5, 5.41) is 0. The van der Waals surface area contributed by atoms with E-state index in [0.29, 0.717) is 11.8 Å². The fraction of sp³-hybridized carbons (Fsp3) is 0.500. The quantitative estimate of drug-likeness (QED) is 0.623. The lowest BCUT2D eigenvalue weighted by Gasteiger charge is -2.16. The van der Waals surface area contributed by atoms with Gasteiger partial charge < -0.3 is 4.74 Å². The number of halogens is 1. The SMILES string of the molecule is CO[C@@H]1C2=CC(F)=CC=C(C1C)[C@@H]2C. The number of allylic oxidation sites excluding steroid dienone is 4. The molecule has 1 fully saturated rings. The first-order chi connectivity index (χ1) is 6.65. The normalized spacial score (nSPS) is 36.0. The lowest BCUT2D eigenvalue weighted by molar-refractivity contribution is 0.110. The lowest BCUT2D eigenvalue weighted by atomic mass is 9.99. The first-order valence-corrected chi connectivity index (χ1v) is 4.96. The van der Waals surface area contributed by atoms with Crippen molar-refractivity contribution < 1.29 is 9.13 Å². The molecule has 1 nitrogen and oxygen atoms in total. The van der Waals surface area contributed by atoms with Crippen LogP contribution in [0.5, 0.6) is 0 Å². The molecule has 2 heteroatoms. The highest BCUT2D eigenvalue weighted by Crippen LogP contribution is 2.43. The summed E-state index contributed by atoms with van der Waals surface area (Å²) in [6.45, 7) is 4.24. The third-order valence-electron chi connectivity index (χ3n) is 3.30. The number of ether oxygens (including phenoxy) is 1. The molecule has 2 rings (SSSR count). The maximum Gasteiger partial charge on any atom is 0.123 e. The van der Waals surface area contributed by atoms with Gasteiger partial charge in [-0.1, -0.05) is 25.5 Å². The first kappa shape index (κ1) is 9.66. The smallest absolute Gasteiger partial charge is 0.123 e. The van der Waals surface area contributed by atoms with Gasteiger partial charge in [-0.15, -0.1) is 0 Å². The molecule has 0 N–H and O–H groups in total. The molecule has 2 aliphatic carbocycles. The predicted octanol–water partition coefficient (Wildman–Crippen LogP) is 3.01. The van der Waals surface area contributed by atoms with Crippen LogP contribution in [-0.2, 0) is 4.74 Å². The number of methoxy groups -OCH3 is 1. The Balaban J connectivity index is 2.50. The number of rotatable bonds is 1. The zero-order chi connectivity index (χ0) is 10.3. The molecule has 2 aliphatic rings. The Morgan fingerprint density at radius 1 is 1.21 bits per heavy atom. The third kappa shape index (κ3) is 1.25. The van der Waals surface area contributed by atoms with Crippen LogP contribution < -0.4 is 0 Å². The Morgan fingerprint density at radius 2 is 1.93 bits per heavy atom. The van der Waals surface area contributed by atoms with Crippen LogP contribution >= 0.6 is 0 Å². The van der Waals surface area contributed by atoms with Gasteiger partial charge in [0.2, 0.25) is 0 Å². The zero-order valence-corrected chi connectivity index (χ0v) is 8.75. The Bertz CT molecular complexity index is 338. The third-order valence-corrected chi connectivity index (χ3v) is 3.30. The number of hydrogen-bond donors (Lipinski definition) is 0. The van der Waals surface area contributed by atoms with Gasteiger partial charge in [0.05, 0.1) is 6.10 Å². The molecule has 76 valence electrons. The average Bonchev–Trinajstić information content (AvgIpc) is 2.28. The maximum absolute atomic E-state index is 13.2. The summed E-state index contributed by atoms with van der Waals surface area (Å²) in [6.07, 6.45) is 5.11. The predicted molar refractivity (Wildman–Crippen MR) is 54.5 cm³/mol. The molecule has 0 radical (unpaired) electrons. The molecule has 1 unspecified atom stereocenters. The van der Waals surface area contributed by atoms with Crippen molar-refractivity contribution in [3.63, 3.8) is 0 Å². The molecule has 0 spiro atoms. The molecule has 0 saturated heterocycles. The molecule has 3 atom stereocenters. The van der Waals surface area contributed by atoms with E-state index < -0.39 is 0 Å². The molecule has 0 aromatic carbocycles. The number of hydrogen-bond acceptors (Lipinski definition) is 1. The average molecular weight is 194 g/mol. The largest absolute Gasteiger partial charge is 0.376 e. The van der Waals surface area contributed by atoms with Crippen LogP contribution in [0.4, 0.5) is 4.39 Å². The van der Waals surface area contributed by atoms with E-state index in [0.717, 1.165) is 5.57 Å². The molecule has 0 heterocycles. The number of fused-ring (bicyclic) bond motifs is 2. The van der Waals surface area contributed by atoms with E-state index in [1.54, 1.807) is 19.3 Å². The Labute approximate surface area is 84.0 Å². The van der Waals surface area contributed by atoms with Gasteiger partial charge in [0.25, 0.3) is 0 Å². The minimum atomic E-state index is -0.171. The van der Waals surface area contributed by atoms with Crippen molar-refractivity contribution in [2.24, 2.45) is 11.8 Å². The topological polar surface area (TPSA) is 9.23 Å². The summed E-state index contributed by atoms with van der Waals surface area (Å²) in [5.74, 6) is 0.515. The van der Waals surface area contributed by atoms with Gasteiger partial charge in [0.15, 0.2) is 0 Å².